The minimum Gasteiger partial charge on any atom is -0.483 e. The Balaban J connectivity index is 1.98. The van der Waals surface area contributed by atoms with Gasteiger partial charge in [-0.25, -0.2) is 14.2 Å². The van der Waals surface area contributed by atoms with Crippen LogP contribution in [0, 0.1) is 5.82 Å². The van der Waals surface area contributed by atoms with Gasteiger partial charge in [-0.05, 0) is 24.3 Å². The number of carboxylic acid groups (broad SMARTS) is 1. The van der Waals surface area contributed by atoms with Crippen LogP contribution in [0.5, 0.6) is 5.75 Å². The number of rotatable bonds is 4. The molecule has 0 atom stereocenters. The largest absolute Gasteiger partial charge is 0.483 e. The van der Waals surface area contributed by atoms with Gasteiger partial charge in [0.15, 0.2) is 23.1 Å². The van der Waals surface area contributed by atoms with Crippen LogP contribution >= 0.6 is 0 Å². The Kier molecular flexibility index (Phi) is 3.38. The fourth-order valence-corrected chi connectivity index (χ4v) is 2.13. The molecule has 2 heterocycles. The predicted octanol–water partition coefficient (Wildman–Crippen LogP) is 2.33. The molecule has 0 radical (unpaired) electrons. The Morgan fingerprint density at radius 2 is 2.09 bits per heavy atom. The first kappa shape index (κ1) is 13.9. The molecule has 22 heavy (non-hydrogen) atoms. The summed E-state index contributed by atoms with van der Waals surface area (Å²) in [4.78, 5) is 15.3. The number of hydrogen-bond acceptors (Lipinski definition) is 4. The van der Waals surface area contributed by atoms with Crippen LogP contribution in [0.2, 0.25) is 0 Å². The maximum absolute atomic E-state index is 13.5. The zero-order chi connectivity index (χ0) is 15.7. The molecule has 0 aliphatic heterocycles. The zero-order valence-electron chi connectivity index (χ0n) is 11.4. The summed E-state index contributed by atoms with van der Waals surface area (Å²) in [7, 11) is 0. The summed E-state index contributed by atoms with van der Waals surface area (Å²) >= 11 is 0. The number of nitrogens with zero attached hydrogens (tertiary/aromatic N) is 2. The van der Waals surface area contributed by atoms with E-state index < -0.39 is 11.8 Å². The van der Waals surface area contributed by atoms with Gasteiger partial charge in [-0.15, -0.1) is 0 Å². The molecule has 0 spiro atoms. The molecule has 1 aromatic carbocycles. The summed E-state index contributed by atoms with van der Waals surface area (Å²) in [6, 6.07) is 9.11. The molecular weight excluding hydrogens is 289 g/mol. The van der Waals surface area contributed by atoms with Crippen molar-refractivity contribution >= 4 is 17.2 Å². The monoisotopic (exact) mass is 301 g/mol. The molecule has 0 unspecified atom stereocenters. The molecule has 3 rings (SSSR count). The summed E-state index contributed by atoms with van der Waals surface area (Å²) < 4.78 is 20.4. The third-order valence-corrected chi connectivity index (χ3v) is 3.13. The van der Waals surface area contributed by atoms with Gasteiger partial charge >= 0.3 is 5.97 Å². The van der Waals surface area contributed by atoms with E-state index in [1.165, 1.54) is 16.5 Å². The predicted molar refractivity (Wildman–Crippen MR) is 77.3 cm³/mol. The molecule has 7 heteroatoms. The molecule has 0 saturated heterocycles. The van der Waals surface area contributed by atoms with Crippen LogP contribution in [0.15, 0.2) is 42.6 Å². The molecule has 112 valence electrons. The first-order chi connectivity index (χ1) is 10.6. The normalized spacial score (nSPS) is 10.8. The zero-order valence-corrected chi connectivity index (χ0v) is 11.4. The maximum atomic E-state index is 13.5. The summed E-state index contributed by atoms with van der Waals surface area (Å²) in [6.45, 7) is -0.0845. The van der Waals surface area contributed by atoms with Crippen LogP contribution in [-0.2, 0) is 6.61 Å². The van der Waals surface area contributed by atoms with Crippen molar-refractivity contribution in [2.45, 2.75) is 6.61 Å². The standard InChI is InChI=1S/C15H12FN3O3/c16-10-3-1-2-4-12(10)22-8-13-18-14(15(20)21)11-6-5-9(17)7-19(11)13/h1-7H,8,17H2,(H,20,21). The summed E-state index contributed by atoms with van der Waals surface area (Å²) in [5, 5.41) is 9.19. The van der Waals surface area contributed by atoms with Crippen LogP contribution in [0.4, 0.5) is 10.1 Å². The van der Waals surface area contributed by atoms with Crippen molar-refractivity contribution in [3.63, 3.8) is 0 Å². The Morgan fingerprint density at radius 3 is 2.82 bits per heavy atom. The molecule has 3 N–H and O–H groups in total. The summed E-state index contributed by atoms with van der Waals surface area (Å²) in [5.74, 6) is -1.26. The number of ether oxygens (including phenoxy) is 1. The van der Waals surface area contributed by atoms with Crippen molar-refractivity contribution in [1.29, 1.82) is 0 Å². The van der Waals surface area contributed by atoms with Gasteiger partial charge in [0, 0.05) is 11.9 Å². The second-order valence-corrected chi connectivity index (χ2v) is 4.62. The number of para-hydroxylation sites is 1. The molecular formula is C15H12FN3O3. The molecule has 2 aromatic heterocycles. The van der Waals surface area contributed by atoms with E-state index in [1.807, 2.05) is 0 Å². The van der Waals surface area contributed by atoms with E-state index in [9.17, 15) is 14.3 Å². The molecule has 0 amide bonds. The number of aromatic carboxylic acids is 1. The minimum atomic E-state index is -1.15. The number of carboxylic acids is 1. The highest BCUT2D eigenvalue weighted by Gasteiger charge is 2.17. The highest BCUT2D eigenvalue weighted by molar-refractivity contribution is 5.93. The lowest BCUT2D eigenvalue weighted by Gasteiger charge is -2.06. The van der Waals surface area contributed by atoms with Gasteiger partial charge in [-0.3, -0.25) is 4.40 Å². The van der Waals surface area contributed by atoms with E-state index in [4.69, 9.17) is 10.5 Å². The maximum Gasteiger partial charge on any atom is 0.356 e. The fraction of sp³-hybridized carbons (Fsp3) is 0.0667. The number of aromatic nitrogens is 2. The number of halogens is 1. The van der Waals surface area contributed by atoms with Gasteiger partial charge in [0.25, 0.3) is 0 Å². The molecule has 6 nitrogen and oxygen atoms in total. The average molecular weight is 301 g/mol. The number of nitrogens with two attached hydrogens (primary N) is 1. The van der Waals surface area contributed by atoms with Gasteiger partial charge in [0.1, 0.15) is 6.61 Å². The number of fused-ring (bicyclic) bond motifs is 1. The van der Waals surface area contributed by atoms with Crippen LogP contribution in [0.3, 0.4) is 0 Å². The van der Waals surface area contributed by atoms with Gasteiger partial charge in [-0.2, -0.15) is 0 Å². The van der Waals surface area contributed by atoms with Crippen molar-refractivity contribution in [1.82, 2.24) is 9.38 Å². The Labute approximate surface area is 124 Å². The van der Waals surface area contributed by atoms with E-state index >= 15 is 0 Å². The van der Waals surface area contributed by atoms with Gasteiger partial charge in [-0.1, -0.05) is 12.1 Å². The lowest BCUT2D eigenvalue weighted by molar-refractivity contribution is 0.0693. The fourth-order valence-electron chi connectivity index (χ4n) is 2.13. The van der Waals surface area contributed by atoms with Crippen molar-refractivity contribution in [2.24, 2.45) is 0 Å². The quantitative estimate of drug-likeness (QED) is 0.772. The first-order valence-electron chi connectivity index (χ1n) is 6.43. The first-order valence-corrected chi connectivity index (χ1v) is 6.43. The number of pyridine rings is 1. The summed E-state index contributed by atoms with van der Waals surface area (Å²) in [6.07, 6.45) is 1.55. The lowest BCUT2D eigenvalue weighted by atomic mass is 10.3. The molecule has 0 fully saturated rings. The van der Waals surface area contributed by atoms with E-state index in [0.29, 0.717) is 17.0 Å². The number of nitrogen functional groups attached to an aromatic ring is 1. The van der Waals surface area contributed by atoms with Gasteiger partial charge in [0.05, 0.1) is 5.52 Å². The molecule has 0 bridgehead atoms. The van der Waals surface area contributed by atoms with Crippen LogP contribution in [0.1, 0.15) is 16.3 Å². The van der Waals surface area contributed by atoms with Crippen molar-refractivity contribution < 1.29 is 19.0 Å². The van der Waals surface area contributed by atoms with Crippen LogP contribution in [0.25, 0.3) is 5.52 Å². The Morgan fingerprint density at radius 1 is 1.32 bits per heavy atom. The second kappa shape index (κ2) is 5.36. The number of hydrogen-bond donors (Lipinski definition) is 2. The van der Waals surface area contributed by atoms with E-state index in [1.54, 1.807) is 30.5 Å². The molecule has 0 saturated carbocycles. The van der Waals surface area contributed by atoms with Gasteiger partial charge < -0.3 is 15.6 Å². The van der Waals surface area contributed by atoms with Crippen molar-refractivity contribution in [3.8, 4) is 5.75 Å². The Hall–Kier alpha value is -3.09. The summed E-state index contributed by atoms with van der Waals surface area (Å²) in [5.41, 5.74) is 6.46. The van der Waals surface area contributed by atoms with E-state index in [0.717, 1.165) is 0 Å². The molecule has 0 aliphatic carbocycles. The van der Waals surface area contributed by atoms with E-state index in [-0.39, 0.29) is 18.1 Å². The van der Waals surface area contributed by atoms with Crippen molar-refractivity contribution in [3.05, 3.63) is 59.9 Å². The van der Waals surface area contributed by atoms with E-state index in [2.05, 4.69) is 4.98 Å². The topological polar surface area (TPSA) is 89.9 Å². The lowest BCUT2D eigenvalue weighted by Crippen LogP contribution is -2.03. The third kappa shape index (κ3) is 2.44. The second-order valence-electron chi connectivity index (χ2n) is 4.62. The van der Waals surface area contributed by atoms with Crippen molar-refractivity contribution in [2.75, 3.05) is 5.73 Å². The number of carbonyl (C=O) groups is 1. The van der Waals surface area contributed by atoms with Gasteiger partial charge in [0.2, 0.25) is 0 Å². The number of anilines is 1. The molecule has 3 aromatic rings. The Bertz CT molecular complexity index is 860. The van der Waals surface area contributed by atoms with Crippen LogP contribution in [-0.4, -0.2) is 20.5 Å². The van der Waals surface area contributed by atoms with Crippen LogP contribution < -0.4 is 10.5 Å². The highest BCUT2D eigenvalue weighted by atomic mass is 19.1. The third-order valence-electron chi connectivity index (χ3n) is 3.13. The smallest absolute Gasteiger partial charge is 0.356 e. The molecule has 0 aliphatic rings. The number of imidazole rings is 1. The average Bonchev–Trinajstić information content (AvgIpc) is 2.84. The highest BCUT2D eigenvalue weighted by Crippen LogP contribution is 2.20. The minimum absolute atomic E-state index is 0.0695. The number of benzene rings is 1. The SMILES string of the molecule is Nc1ccc2c(C(=O)O)nc(COc3ccccc3F)n2c1.